The summed E-state index contributed by atoms with van der Waals surface area (Å²) in [5, 5.41) is 2.84. The maximum atomic E-state index is 12.3. The number of nitrogens with zero attached hydrogens (tertiary/aromatic N) is 2. The van der Waals surface area contributed by atoms with Crippen LogP contribution in [-0.2, 0) is 15.0 Å². The maximum absolute atomic E-state index is 12.3. The summed E-state index contributed by atoms with van der Waals surface area (Å²) in [7, 11) is -0.466. The molecule has 1 aliphatic rings. The van der Waals surface area contributed by atoms with Gasteiger partial charge < -0.3 is 10.1 Å². The first-order valence-corrected chi connectivity index (χ1v) is 9.85. The van der Waals surface area contributed by atoms with Crippen LogP contribution in [0.1, 0.15) is 18.4 Å². The SMILES string of the molecule is Cc1cccc(OCCNC(=O)[C@H]2CCCN(S(=O)(=O)N(C)C)C2)c1. The second-order valence-corrected chi connectivity index (χ2v) is 8.59. The minimum atomic E-state index is -3.47. The van der Waals surface area contributed by atoms with E-state index in [1.165, 1.54) is 22.7 Å². The van der Waals surface area contributed by atoms with Crippen molar-refractivity contribution in [1.82, 2.24) is 13.9 Å². The Hall–Kier alpha value is -1.64. The molecule has 0 radical (unpaired) electrons. The first-order chi connectivity index (χ1) is 11.8. The molecule has 0 aliphatic carbocycles. The molecule has 1 fully saturated rings. The lowest BCUT2D eigenvalue weighted by Crippen LogP contribution is -2.49. The summed E-state index contributed by atoms with van der Waals surface area (Å²) in [6.07, 6.45) is 1.38. The molecule has 0 bridgehead atoms. The molecule has 7 nitrogen and oxygen atoms in total. The molecule has 1 aromatic rings. The Morgan fingerprint density at radius 2 is 2.16 bits per heavy atom. The first-order valence-electron chi connectivity index (χ1n) is 8.45. The summed E-state index contributed by atoms with van der Waals surface area (Å²) in [5.41, 5.74) is 1.12. The molecule has 2 rings (SSSR count). The summed E-state index contributed by atoms with van der Waals surface area (Å²) in [4.78, 5) is 12.3. The Labute approximate surface area is 150 Å². The maximum Gasteiger partial charge on any atom is 0.281 e. The quantitative estimate of drug-likeness (QED) is 0.728. The number of carbonyl (C=O) groups is 1. The molecule has 1 atom stereocenters. The lowest BCUT2D eigenvalue weighted by atomic mass is 9.99. The molecule has 1 N–H and O–H groups in total. The van der Waals surface area contributed by atoms with Crippen molar-refractivity contribution in [3.8, 4) is 5.75 Å². The van der Waals surface area contributed by atoms with Gasteiger partial charge in [0.1, 0.15) is 12.4 Å². The second kappa shape index (κ2) is 8.64. The normalized spacial score (nSPS) is 19.0. The van der Waals surface area contributed by atoms with E-state index >= 15 is 0 Å². The predicted octanol–water partition coefficient (Wildman–Crippen LogP) is 1.01. The van der Waals surface area contributed by atoms with Gasteiger partial charge in [0.05, 0.1) is 12.5 Å². The summed E-state index contributed by atoms with van der Waals surface area (Å²) >= 11 is 0. The van der Waals surface area contributed by atoms with Gasteiger partial charge in [-0.25, -0.2) is 0 Å². The second-order valence-electron chi connectivity index (χ2n) is 6.44. The summed E-state index contributed by atoms with van der Waals surface area (Å²) in [5.74, 6) is 0.337. The van der Waals surface area contributed by atoms with Crippen molar-refractivity contribution >= 4 is 16.1 Å². The molecule has 1 aromatic carbocycles. The van der Waals surface area contributed by atoms with E-state index in [1.807, 2.05) is 31.2 Å². The highest BCUT2D eigenvalue weighted by Crippen LogP contribution is 2.20. The van der Waals surface area contributed by atoms with E-state index in [0.717, 1.165) is 11.3 Å². The Morgan fingerprint density at radius 1 is 1.40 bits per heavy atom. The highest BCUT2D eigenvalue weighted by molar-refractivity contribution is 7.86. The largest absolute Gasteiger partial charge is 0.492 e. The zero-order chi connectivity index (χ0) is 18.4. The molecule has 8 heteroatoms. The Balaban J connectivity index is 1.78. The van der Waals surface area contributed by atoms with Gasteiger partial charge in [-0.2, -0.15) is 17.0 Å². The van der Waals surface area contributed by atoms with E-state index in [1.54, 1.807) is 0 Å². The summed E-state index contributed by atoms with van der Waals surface area (Å²) in [6.45, 7) is 3.45. The lowest BCUT2D eigenvalue weighted by Gasteiger charge is -2.32. The van der Waals surface area contributed by atoms with Crippen molar-refractivity contribution in [1.29, 1.82) is 0 Å². The third-order valence-corrected chi connectivity index (χ3v) is 6.11. The minimum Gasteiger partial charge on any atom is -0.492 e. The third kappa shape index (κ3) is 5.42. The molecule has 1 aliphatic heterocycles. The lowest BCUT2D eigenvalue weighted by molar-refractivity contribution is -0.126. The van der Waals surface area contributed by atoms with Crippen LogP contribution in [-0.4, -0.2) is 63.3 Å². The van der Waals surface area contributed by atoms with Gasteiger partial charge in [0.15, 0.2) is 0 Å². The van der Waals surface area contributed by atoms with Gasteiger partial charge in [0, 0.05) is 27.2 Å². The molecule has 0 aromatic heterocycles. The molecule has 1 heterocycles. The fraction of sp³-hybridized carbons (Fsp3) is 0.588. The summed E-state index contributed by atoms with van der Waals surface area (Å²) < 4.78 is 32.6. The smallest absolute Gasteiger partial charge is 0.281 e. The van der Waals surface area contributed by atoms with E-state index < -0.39 is 10.2 Å². The standard InChI is InChI=1S/C17H27N3O4S/c1-14-6-4-8-16(12-14)24-11-9-18-17(21)15-7-5-10-20(13-15)25(22,23)19(2)3/h4,6,8,12,15H,5,7,9-11,13H2,1-3H3,(H,18,21)/t15-/m0/s1. The Kier molecular flexibility index (Phi) is 6.80. The molecule has 0 saturated carbocycles. The summed E-state index contributed by atoms with van der Waals surface area (Å²) in [6, 6.07) is 7.73. The number of nitrogens with one attached hydrogen (secondary N) is 1. The molecule has 140 valence electrons. The molecule has 0 spiro atoms. The van der Waals surface area contributed by atoms with Crippen LogP contribution in [0.25, 0.3) is 0 Å². The number of aryl methyl sites for hydroxylation is 1. The van der Waals surface area contributed by atoms with Gasteiger partial charge in [-0.15, -0.1) is 0 Å². The number of ether oxygens (including phenoxy) is 1. The van der Waals surface area contributed by atoms with Crippen molar-refractivity contribution in [3.05, 3.63) is 29.8 Å². The van der Waals surface area contributed by atoms with Gasteiger partial charge in [-0.3, -0.25) is 4.79 Å². The van der Waals surface area contributed by atoms with Crippen molar-refractivity contribution < 1.29 is 17.9 Å². The average molecular weight is 369 g/mol. The molecular formula is C17H27N3O4S. The fourth-order valence-corrected chi connectivity index (χ4v) is 3.98. The van der Waals surface area contributed by atoms with Gasteiger partial charge in [-0.05, 0) is 37.5 Å². The van der Waals surface area contributed by atoms with Gasteiger partial charge in [0.2, 0.25) is 5.91 Å². The Morgan fingerprint density at radius 3 is 2.84 bits per heavy atom. The highest BCUT2D eigenvalue weighted by Gasteiger charge is 2.33. The molecule has 0 unspecified atom stereocenters. The van der Waals surface area contributed by atoms with Crippen LogP contribution in [0.4, 0.5) is 0 Å². The van der Waals surface area contributed by atoms with E-state index in [0.29, 0.717) is 32.5 Å². The number of benzene rings is 1. The zero-order valence-corrected chi connectivity index (χ0v) is 15.9. The number of amides is 1. The molecular weight excluding hydrogens is 342 g/mol. The van der Waals surface area contributed by atoms with E-state index in [-0.39, 0.29) is 18.4 Å². The Bertz CT molecular complexity index is 691. The topological polar surface area (TPSA) is 79.0 Å². The van der Waals surface area contributed by atoms with Gasteiger partial charge in [-0.1, -0.05) is 12.1 Å². The number of carbonyl (C=O) groups excluding carboxylic acids is 1. The molecule has 25 heavy (non-hydrogen) atoms. The molecule has 1 saturated heterocycles. The number of hydrogen-bond donors (Lipinski definition) is 1. The van der Waals surface area contributed by atoms with Crippen molar-refractivity contribution in [2.45, 2.75) is 19.8 Å². The molecule has 1 amide bonds. The van der Waals surface area contributed by atoms with Crippen molar-refractivity contribution in [3.63, 3.8) is 0 Å². The van der Waals surface area contributed by atoms with Crippen LogP contribution in [0.15, 0.2) is 24.3 Å². The number of hydrogen-bond acceptors (Lipinski definition) is 4. The third-order valence-electron chi connectivity index (χ3n) is 4.20. The van der Waals surface area contributed by atoms with E-state index in [2.05, 4.69) is 5.32 Å². The van der Waals surface area contributed by atoms with Crippen LogP contribution in [0.3, 0.4) is 0 Å². The van der Waals surface area contributed by atoms with Crippen molar-refractivity contribution in [2.24, 2.45) is 5.92 Å². The predicted molar refractivity (Wildman–Crippen MR) is 96.6 cm³/mol. The first kappa shape index (κ1) is 19.7. The zero-order valence-electron chi connectivity index (χ0n) is 15.1. The van der Waals surface area contributed by atoms with E-state index in [4.69, 9.17) is 4.74 Å². The number of rotatable bonds is 7. The van der Waals surface area contributed by atoms with Crippen LogP contribution >= 0.6 is 0 Å². The van der Waals surface area contributed by atoms with Gasteiger partial charge in [0.25, 0.3) is 10.2 Å². The van der Waals surface area contributed by atoms with Crippen molar-refractivity contribution in [2.75, 3.05) is 40.3 Å². The van der Waals surface area contributed by atoms with Gasteiger partial charge >= 0.3 is 0 Å². The fourth-order valence-electron chi connectivity index (χ4n) is 2.79. The average Bonchev–Trinajstić information content (AvgIpc) is 2.58. The van der Waals surface area contributed by atoms with Crippen LogP contribution in [0, 0.1) is 12.8 Å². The van der Waals surface area contributed by atoms with Crippen LogP contribution in [0.2, 0.25) is 0 Å². The number of piperidine rings is 1. The monoisotopic (exact) mass is 369 g/mol. The van der Waals surface area contributed by atoms with Crippen LogP contribution < -0.4 is 10.1 Å². The highest BCUT2D eigenvalue weighted by atomic mass is 32.2. The van der Waals surface area contributed by atoms with E-state index in [9.17, 15) is 13.2 Å². The van der Waals surface area contributed by atoms with Crippen LogP contribution in [0.5, 0.6) is 5.75 Å². The minimum absolute atomic E-state index is 0.119.